The summed E-state index contributed by atoms with van der Waals surface area (Å²) in [5.74, 6) is 3.33. The summed E-state index contributed by atoms with van der Waals surface area (Å²) in [5, 5.41) is 7.46. The van der Waals surface area contributed by atoms with Crippen molar-refractivity contribution < 1.29 is 9.47 Å². The minimum atomic E-state index is 0.556. The third kappa shape index (κ3) is 2.67. The molecule has 2 N–H and O–H groups in total. The second-order valence-electron chi connectivity index (χ2n) is 6.24. The Kier molecular flexibility index (Phi) is 3.37. The molecule has 112 valence electrons. The van der Waals surface area contributed by atoms with Crippen molar-refractivity contribution in [2.45, 2.75) is 31.7 Å². The Hall–Kier alpha value is -1.49. The van der Waals surface area contributed by atoms with E-state index in [0.717, 1.165) is 29.0 Å². The summed E-state index contributed by atoms with van der Waals surface area (Å²) in [4.78, 5) is 0. The van der Waals surface area contributed by atoms with Gasteiger partial charge in [-0.25, -0.2) is 0 Å². The van der Waals surface area contributed by atoms with Crippen LogP contribution in [0.25, 0.3) is 0 Å². The Balaban J connectivity index is 1.38. The number of nitrogens with one attached hydrogen (secondary N) is 2. The molecule has 1 aliphatic heterocycles. The molecule has 5 heteroatoms. The highest BCUT2D eigenvalue weighted by molar-refractivity contribution is 7.80. The molecule has 0 spiro atoms. The van der Waals surface area contributed by atoms with Crippen molar-refractivity contribution in [3.05, 3.63) is 18.2 Å². The lowest BCUT2D eigenvalue weighted by Crippen LogP contribution is -2.40. The standard InChI is InChI=1S/C16H20N2O2S/c21-16(18-13-8-10-1-2-11(13)7-10)17-12-3-4-14-15(9-12)20-6-5-19-14/h3-4,9-11,13H,1-2,5-8H2,(H2,17,18,21)/t10-,11-,13+/m0/s1. The Morgan fingerprint density at radius 2 is 1.95 bits per heavy atom. The molecule has 4 nitrogen and oxygen atoms in total. The first kappa shape index (κ1) is 13.2. The van der Waals surface area contributed by atoms with Crippen LogP contribution in [0.4, 0.5) is 5.69 Å². The van der Waals surface area contributed by atoms with Crippen LogP contribution in [0, 0.1) is 11.8 Å². The monoisotopic (exact) mass is 304 g/mol. The van der Waals surface area contributed by atoms with Gasteiger partial charge in [-0.15, -0.1) is 0 Å². The van der Waals surface area contributed by atoms with Crippen LogP contribution >= 0.6 is 12.2 Å². The number of hydrogen-bond donors (Lipinski definition) is 2. The summed E-state index contributed by atoms with van der Waals surface area (Å²) in [6.07, 6.45) is 5.41. The molecule has 1 heterocycles. The highest BCUT2D eigenvalue weighted by Gasteiger charge is 2.39. The lowest BCUT2D eigenvalue weighted by atomic mass is 9.96. The second-order valence-corrected chi connectivity index (χ2v) is 6.65. The van der Waals surface area contributed by atoms with Gasteiger partial charge in [0.15, 0.2) is 16.6 Å². The first-order valence-corrected chi connectivity index (χ1v) is 8.16. The van der Waals surface area contributed by atoms with Crippen molar-refractivity contribution >= 4 is 23.0 Å². The summed E-state index contributed by atoms with van der Waals surface area (Å²) in [5.41, 5.74) is 0.944. The highest BCUT2D eigenvalue weighted by Crippen LogP contribution is 2.44. The summed E-state index contributed by atoms with van der Waals surface area (Å²) in [7, 11) is 0. The zero-order valence-electron chi connectivity index (χ0n) is 11.9. The van der Waals surface area contributed by atoms with E-state index >= 15 is 0 Å². The number of rotatable bonds is 2. The van der Waals surface area contributed by atoms with E-state index in [1.807, 2.05) is 18.2 Å². The molecule has 21 heavy (non-hydrogen) atoms. The van der Waals surface area contributed by atoms with Gasteiger partial charge in [0.1, 0.15) is 13.2 Å². The minimum Gasteiger partial charge on any atom is -0.486 e. The van der Waals surface area contributed by atoms with Crippen LogP contribution in [0.3, 0.4) is 0 Å². The number of benzene rings is 1. The maximum Gasteiger partial charge on any atom is 0.171 e. The van der Waals surface area contributed by atoms with Crippen molar-refractivity contribution in [1.29, 1.82) is 0 Å². The van der Waals surface area contributed by atoms with Crippen LogP contribution in [-0.4, -0.2) is 24.4 Å². The van der Waals surface area contributed by atoms with E-state index in [0.29, 0.717) is 24.4 Å². The van der Waals surface area contributed by atoms with Crippen LogP contribution in [-0.2, 0) is 0 Å². The predicted molar refractivity (Wildman–Crippen MR) is 86.0 cm³/mol. The van der Waals surface area contributed by atoms with Crippen LogP contribution in [0.15, 0.2) is 18.2 Å². The molecule has 0 radical (unpaired) electrons. The van der Waals surface area contributed by atoms with Crippen molar-refractivity contribution in [1.82, 2.24) is 5.32 Å². The smallest absolute Gasteiger partial charge is 0.171 e. The summed E-state index contributed by atoms with van der Waals surface area (Å²) < 4.78 is 11.1. The molecule has 0 aromatic heterocycles. The number of fused-ring (bicyclic) bond motifs is 3. The van der Waals surface area contributed by atoms with Gasteiger partial charge in [-0.05, 0) is 55.4 Å². The third-order valence-electron chi connectivity index (χ3n) is 4.85. The molecule has 0 saturated heterocycles. The summed E-state index contributed by atoms with van der Waals surface area (Å²) in [6, 6.07) is 6.41. The Labute approximate surface area is 130 Å². The molecular formula is C16H20N2O2S. The fourth-order valence-corrected chi connectivity index (χ4v) is 4.15. The molecular weight excluding hydrogens is 284 g/mol. The van der Waals surface area contributed by atoms with Gasteiger partial charge in [0.2, 0.25) is 0 Å². The average Bonchev–Trinajstić information content (AvgIpc) is 3.09. The van der Waals surface area contributed by atoms with Gasteiger partial charge in [0, 0.05) is 17.8 Å². The molecule has 0 unspecified atom stereocenters. The first-order chi connectivity index (χ1) is 10.3. The van der Waals surface area contributed by atoms with Crippen molar-refractivity contribution in [3.63, 3.8) is 0 Å². The summed E-state index contributed by atoms with van der Waals surface area (Å²) >= 11 is 5.45. The molecule has 3 atom stereocenters. The van der Waals surface area contributed by atoms with E-state index < -0.39 is 0 Å². The van der Waals surface area contributed by atoms with E-state index in [1.54, 1.807) is 0 Å². The Morgan fingerprint density at radius 1 is 1.10 bits per heavy atom. The lowest BCUT2D eigenvalue weighted by Gasteiger charge is -2.25. The fraction of sp³-hybridized carbons (Fsp3) is 0.562. The van der Waals surface area contributed by atoms with E-state index in [4.69, 9.17) is 21.7 Å². The molecule has 1 aromatic carbocycles. The maximum atomic E-state index is 5.59. The molecule has 1 aromatic rings. The highest BCUT2D eigenvalue weighted by atomic mass is 32.1. The fourth-order valence-electron chi connectivity index (χ4n) is 3.88. The Morgan fingerprint density at radius 3 is 2.71 bits per heavy atom. The van der Waals surface area contributed by atoms with E-state index in [1.165, 1.54) is 25.7 Å². The van der Waals surface area contributed by atoms with Gasteiger partial charge in [-0.3, -0.25) is 0 Å². The molecule has 0 amide bonds. The summed E-state index contributed by atoms with van der Waals surface area (Å²) in [6.45, 7) is 1.22. The third-order valence-corrected chi connectivity index (χ3v) is 5.07. The number of hydrogen-bond acceptors (Lipinski definition) is 3. The average molecular weight is 304 g/mol. The topological polar surface area (TPSA) is 42.5 Å². The van der Waals surface area contributed by atoms with Crippen LogP contribution < -0.4 is 20.1 Å². The maximum absolute atomic E-state index is 5.59. The number of anilines is 1. The zero-order chi connectivity index (χ0) is 14.2. The predicted octanol–water partition coefficient (Wildman–Crippen LogP) is 2.93. The number of ether oxygens (including phenoxy) is 2. The molecule has 2 fully saturated rings. The van der Waals surface area contributed by atoms with Crippen molar-refractivity contribution in [2.75, 3.05) is 18.5 Å². The quantitative estimate of drug-likeness (QED) is 0.822. The van der Waals surface area contributed by atoms with Crippen LogP contribution in [0.1, 0.15) is 25.7 Å². The lowest BCUT2D eigenvalue weighted by molar-refractivity contribution is 0.171. The molecule has 2 bridgehead atoms. The molecule has 4 rings (SSSR count). The van der Waals surface area contributed by atoms with Crippen molar-refractivity contribution in [3.8, 4) is 11.5 Å². The zero-order valence-corrected chi connectivity index (χ0v) is 12.7. The van der Waals surface area contributed by atoms with Gasteiger partial charge in [-0.1, -0.05) is 6.42 Å². The SMILES string of the molecule is S=C(Nc1ccc2c(c1)OCCO2)N[C@@H]1C[C@H]2CC[C@H]1C2. The Bertz CT molecular complexity index is 563. The molecule has 2 saturated carbocycles. The van der Waals surface area contributed by atoms with Crippen LogP contribution in [0.5, 0.6) is 11.5 Å². The van der Waals surface area contributed by atoms with E-state index in [2.05, 4.69) is 10.6 Å². The van der Waals surface area contributed by atoms with Gasteiger partial charge in [-0.2, -0.15) is 0 Å². The largest absolute Gasteiger partial charge is 0.486 e. The second kappa shape index (κ2) is 5.37. The van der Waals surface area contributed by atoms with Crippen LogP contribution in [0.2, 0.25) is 0 Å². The van der Waals surface area contributed by atoms with E-state index in [-0.39, 0.29) is 0 Å². The molecule has 2 aliphatic carbocycles. The normalized spacial score (nSPS) is 29.2. The van der Waals surface area contributed by atoms with E-state index in [9.17, 15) is 0 Å². The number of thiocarbonyl (C=S) groups is 1. The molecule has 3 aliphatic rings. The van der Waals surface area contributed by atoms with Crippen molar-refractivity contribution in [2.24, 2.45) is 11.8 Å². The van der Waals surface area contributed by atoms with Gasteiger partial charge in [0.05, 0.1) is 0 Å². The van der Waals surface area contributed by atoms with Gasteiger partial charge in [0.25, 0.3) is 0 Å². The van der Waals surface area contributed by atoms with Gasteiger partial charge < -0.3 is 20.1 Å². The minimum absolute atomic E-state index is 0.556. The van der Waals surface area contributed by atoms with Gasteiger partial charge >= 0.3 is 0 Å². The first-order valence-electron chi connectivity index (χ1n) is 7.75.